The monoisotopic (exact) mass is 201 g/mol. The molecule has 3 nitrogen and oxygen atoms in total. The Balaban J connectivity index is 3.01. The lowest BCUT2D eigenvalue weighted by atomic mass is 10.0. The average molecular weight is 202 g/mol. The van der Waals surface area contributed by atoms with Crippen LogP contribution in [0.25, 0.3) is 0 Å². The van der Waals surface area contributed by atoms with E-state index in [1.165, 1.54) is 12.1 Å². The molecule has 0 aromatic heterocycles. The number of hydrogen-bond donors (Lipinski definition) is 3. The fourth-order valence-corrected chi connectivity index (χ4v) is 1.35. The molecule has 4 N–H and O–H groups in total. The SMILES string of the molecule is CC(O)C(N)c1ccc(O)cc1Cl. The second-order valence-electron chi connectivity index (χ2n) is 2.97. The molecule has 1 aromatic carbocycles. The molecule has 4 heteroatoms. The lowest BCUT2D eigenvalue weighted by Gasteiger charge is -2.16. The smallest absolute Gasteiger partial charge is 0.117 e. The Labute approximate surface area is 81.8 Å². The summed E-state index contributed by atoms with van der Waals surface area (Å²) in [6, 6.07) is 3.98. The van der Waals surface area contributed by atoms with Crippen LogP contribution in [-0.4, -0.2) is 16.3 Å². The van der Waals surface area contributed by atoms with Gasteiger partial charge in [-0.3, -0.25) is 0 Å². The molecular formula is C9H12ClNO2. The molecule has 0 fully saturated rings. The molecule has 0 aliphatic heterocycles. The first-order valence-electron chi connectivity index (χ1n) is 3.94. The van der Waals surface area contributed by atoms with Gasteiger partial charge >= 0.3 is 0 Å². The van der Waals surface area contributed by atoms with Gasteiger partial charge in [0.15, 0.2) is 0 Å². The normalized spacial score (nSPS) is 15.4. The van der Waals surface area contributed by atoms with Crippen LogP contribution in [0.3, 0.4) is 0 Å². The van der Waals surface area contributed by atoms with Gasteiger partial charge in [-0.1, -0.05) is 17.7 Å². The first-order chi connectivity index (χ1) is 6.02. The highest BCUT2D eigenvalue weighted by molar-refractivity contribution is 6.31. The standard InChI is InChI=1S/C9H12ClNO2/c1-5(12)9(11)7-3-2-6(13)4-8(7)10/h2-5,9,12-13H,11H2,1H3. The summed E-state index contributed by atoms with van der Waals surface area (Å²) in [7, 11) is 0. The van der Waals surface area contributed by atoms with Crippen molar-refractivity contribution in [2.45, 2.75) is 19.1 Å². The number of phenols is 1. The maximum absolute atomic E-state index is 9.22. The number of halogens is 1. The third-order valence-corrected chi connectivity index (χ3v) is 2.19. The van der Waals surface area contributed by atoms with Gasteiger partial charge in [-0.25, -0.2) is 0 Å². The fourth-order valence-electron chi connectivity index (χ4n) is 1.05. The molecule has 0 saturated heterocycles. The molecule has 1 aromatic rings. The quantitative estimate of drug-likeness (QED) is 0.678. The van der Waals surface area contributed by atoms with Crippen molar-refractivity contribution in [3.63, 3.8) is 0 Å². The molecule has 72 valence electrons. The Morgan fingerprint density at radius 3 is 2.54 bits per heavy atom. The van der Waals surface area contributed by atoms with E-state index >= 15 is 0 Å². The first kappa shape index (κ1) is 10.3. The van der Waals surface area contributed by atoms with E-state index < -0.39 is 12.1 Å². The van der Waals surface area contributed by atoms with Crippen LogP contribution in [0, 0.1) is 0 Å². The van der Waals surface area contributed by atoms with Crippen molar-refractivity contribution in [1.29, 1.82) is 0 Å². The topological polar surface area (TPSA) is 66.5 Å². The number of hydrogen-bond acceptors (Lipinski definition) is 3. The molecule has 0 radical (unpaired) electrons. The Morgan fingerprint density at radius 2 is 2.08 bits per heavy atom. The van der Waals surface area contributed by atoms with E-state index in [9.17, 15) is 5.11 Å². The van der Waals surface area contributed by atoms with Crippen molar-refractivity contribution in [2.75, 3.05) is 0 Å². The molecule has 1 rings (SSSR count). The average Bonchev–Trinajstić information content (AvgIpc) is 2.03. The zero-order valence-electron chi connectivity index (χ0n) is 7.24. The third kappa shape index (κ3) is 2.34. The highest BCUT2D eigenvalue weighted by atomic mass is 35.5. The molecule has 0 aliphatic rings. The Hall–Kier alpha value is -0.770. The molecule has 2 atom stereocenters. The van der Waals surface area contributed by atoms with Crippen LogP contribution in [-0.2, 0) is 0 Å². The molecule has 0 heterocycles. The largest absolute Gasteiger partial charge is 0.508 e. The van der Waals surface area contributed by atoms with Crippen LogP contribution < -0.4 is 5.73 Å². The van der Waals surface area contributed by atoms with E-state index in [-0.39, 0.29) is 5.75 Å². The Bertz CT molecular complexity index is 302. The van der Waals surface area contributed by atoms with Gasteiger partial charge < -0.3 is 15.9 Å². The summed E-state index contributed by atoms with van der Waals surface area (Å²) in [5.74, 6) is 0.0894. The van der Waals surface area contributed by atoms with E-state index in [4.69, 9.17) is 22.4 Å². The molecule has 0 amide bonds. The fraction of sp³-hybridized carbons (Fsp3) is 0.333. The van der Waals surface area contributed by atoms with E-state index in [1.807, 2.05) is 0 Å². The first-order valence-corrected chi connectivity index (χ1v) is 4.32. The van der Waals surface area contributed by atoms with Crippen LogP contribution in [0.5, 0.6) is 5.75 Å². The minimum absolute atomic E-state index is 0.0894. The summed E-state index contributed by atoms with van der Waals surface area (Å²) in [5, 5.41) is 18.7. The summed E-state index contributed by atoms with van der Waals surface area (Å²) in [6.07, 6.45) is -0.665. The highest BCUT2D eigenvalue weighted by Gasteiger charge is 2.15. The van der Waals surface area contributed by atoms with Crippen molar-refractivity contribution in [2.24, 2.45) is 5.73 Å². The van der Waals surface area contributed by atoms with E-state index in [0.29, 0.717) is 10.6 Å². The van der Waals surface area contributed by atoms with Crippen LogP contribution in [0.1, 0.15) is 18.5 Å². The maximum Gasteiger partial charge on any atom is 0.117 e. The molecule has 0 aliphatic carbocycles. The number of phenolic OH excluding ortho intramolecular Hbond substituents is 1. The van der Waals surface area contributed by atoms with Crippen LogP contribution in [0.15, 0.2) is 18.2 Å². The van der Waals surface area contributed by atoms with E-state index in [1.54, 1.807) is 13.0 Å². The van der Waals surface area contributed by atoms with Crippen molar-refractivity contribution < 1.29 is 10.2 Å². The molecule has 0 saturated carbocycles. The molecular weight excluding hydrogens is 190 g/mol. The number of benzene rings is 1. The van der Waals surface area contributed by atoms with Gasteiger partial charge in [0.2, 0.25) is 0 Å². The number of aromatic hydroxyl groups is 1. The highest BCUT2D eigenvalue weighted by Crippen LogP contribution is 2.26. The van der Waals surface area contributed by atoms with Crippen LogP contribution in [0.2, 0.25) is 5.02 Å². The Kier molecular flexibility index (Phi) is 3.14. The van der Waals surface area contributed by atoms with E-state index in [0.717, 1.165) is 0 Å². The second-order valence-corrected chi connectivity index (χ2v) is 3.38. The van der Waals surface area contributed by atoms with Crippen molar-refractivity contribution in [3.05, 3.63) is 28.8 Å². The van der Waals surface area contributed by atoms with Gasteiger partial charge in [-0.15, -0.1) is 0 Å². The molecule has 2 unspecified atom stereocenters. The summed E-state index contributed by atoms with van der Waals surface area (Å²) in [4.78, 5) is 0. The van der Waals surface area contributed by atoms with Gasteiger partial charge in [0.25, 0.3) is 0 Å². The molecule has 0 spiro atoms. The predicted molar refractivity (Wildman–Crippen MR) is 51.7 cm³/mol. The zero-order valence-corrected chi connectivity index (χ0v) is 7.99. The van der Waals surface area contributed by atoms with Gasteiger partial charge in [0.05, 0.1) is 12.1 Å². The van der Waals surface area contributed by atoms with Gasteiger partial charge in [0.1, 0.15) is 5.75 Å². The number of aliphatic hydroxyl groups is 1. The second kappa shape index (κ2) is 3.96. The van der Waals surface area contributed by atoms with Crippen LogP contribution >= 0.6 is 11.6 Å². The van der Waals surface area contributed by atoms with E-state index in [2.05, 4.69) is 0 Å². The summed E-state index contributed by atoms with van der Waals surface area (Å²) in [6.45, 7) is 1.59. The lowest BCUT2D eigenvalue weighted by molar-refractivity contribution is 0.164. The van der Waals surface area contributed by atoms with Gasteiger partial charge in [-0.05, 0) is 24.6 Å². The molecule has 13 heavy (non-hydrogen) atoms. The predicted octanol–water partition coefficient (Wildman–Crippen LogP) is 1.43. The van der Waals surface area contributed by atoms with Gasteiger partial charge in [0, 0.05) is 5.02 Å². The van der Waals surface area contributed by atoms with Gasteiger partial charge in [-0.2, -0.15) is 0 Å². The lowest BCUT2D eigenvalue weighted by Crippen LogP contribution is -2.23. The number of rotatable bonds is 2. The number of aliphatic hydroxyl groups excluding tert-OH is 1. The minimum atomic E-state index is -0.665. The number of nitrogens with two attached hydrogens (primary N) is 1. The zero-order chi connectivity index (χ0) is 10.0. The maximum atomic E-state index is 9.22. The summed E-state index contributed by atoms with van der Waals surface area (Å²) >= 11 is 5.82. The third-order valence-electron chi connectivity index (χ3n) is 1.86. The van der Waals surface area contributed by atoms with Crippen LogP contribution in [0.4, 0.5) is 0 Å². The van der Waals surface area contributed by atoms with Crippen molar-refractivity contribution >= 4 is 11.6 Å². The molecule has 0 bridgehead atoms. The minimum Gasteiger partial charge on any atom is -0.508 e. The Morgan fingerprint density at radius 1 is 1.46 bits per heavy atom. The summed E-state index contributed by atoms with van der Waals surface area (Å²) < 4.78 is 0. The van der Waals surface area contributed by atoms with Crippen molar-refractivity contribution in [3.8, 4) is 5.75 Å². The summed E-state index contributed by atoms with van der Waals surface area (Å²) in [5.41, 5.74) is 6.31. The van der Waals surface area contributed by atoms with Crippen molar-refractivity contribution in [1.82, 2.24) is 0 Å².